The summed E-state index contributed by atoms with van der Waals surface area (Å²) in [6, 6.07) is 6.06. The average Bonchev–Trinajstić information content (AvgIpc) is 2.27. The Balaban J connectivity index is 2.94. The molecule has 3 heteroatoms. The van der Waals surface area contributed by atoms with Crippen LogP contribution in [0.3, 0.4) is 0 Å². The summed E-state index contributed by atoms with van der Waals surface area (Å²) in [7, 11) is 0. The quantitative estimate of drug-likeness (QED) is 0.875. The van der Waals surface area contributed by atoms with Gasteiger partial charge < -0.3 is 10.8 Å². The number of carboxylic acid groups (broad SMARTS) is 1. The van der Waals surface area contributed by atoms with E-state index >= 15 is 0 Å². The van der Waals surface area contributed by atoms with Crippen LogP contribution in [0.5, 0.6) is 0 Å². The van der Waals surface area contributed by atoms with Crippen molar-refractivity contribution in [2.75, 3.05) is 0 Å². The van der Waals surface area contributed by atoms with Crippen LogP contribution in [0.15, 0.2) is 18.2 Å². The fourth-order valence-corrected chi connectivity index (χ4v) is 2.17. The van der Waals surface area contributed by atoms with Crippen molar-refractivity contribution in [3.05, 3.63) is 34.9 Å². The van der Waals surface area contributed by atoms with Crippen LogP contribution >= 0.6 is 0 Å². The van der Waals surface area contributed by atoms with Crippen molar-refractivity contribution in [1.82, 2.24) is 0 Å². The molecule has 2 unspecified atom stereocenters. The predicted molar refractivity (Wildman–Crippen MR) is 78.2 cm³/mol. The van der Waals surface area contributed by atoms with Gasteiger partial charge in [0.15, 0.2) is 0 Å². The Labute approximate surface area is 115 Å². The second-order valence-electron chi connectivity index (χ2n) is 6.40. The highest BCUT2D eigenvalue weighted by Crippen LogP contribution is 2.28. The summed E-state index contributed by atoms with van der Waals surface area (Å²) in [6.07, 6.45) is 0.463. The first-order chi connectivity index (χ1) is 8.62. The summed E-state index contributed by atoms with van der Waals surface area (Å²) in [4.78, 5) is 10.9. The molecule has 1 aromatic carbocycles. The molecule has 0 aliphatic rings. The number of rotatable bonds is 4. The third-order valence-electron chi connectivity index (χ3n) is 3.56. The first-order valence-electron chi connectivity index (χ1n) is 6.72. The smallest absolute Gasteiger partial charge is 0.306 e. The molecule has 0 heterocycles. The van der Waals surface area contributed by atoms with Crippen molar-refractivity contribution in [3.8, 4) is 0 Å². The number of benzene rings is 1. The lowest BCUT2D eigenvalue weighted by atomic mass is 9.84. The van der Waals surface area contributed by atoms with Crippen molar-refractivity contribution in [1.29, 1.82) is 0 Å². The van der Waals surface area contributed by atoms with E-state index < -0.39 is 11.9 Å². The van der Waals surface area contributed by atoms with Crippen LogP contribution in [0, 0.1) is 12.8 Å². The second-order valence-corrected chi connectivity index (χ2v) is 6.40. The van der Waals surface area contributed by atoms with Crippen molar-refractivity contribution < 1.29 is 9.90 Å². The first kappa shape index (κ1) is 15.7. The standard InChI is InChI=1S/C16H25NO2/c1-10-8-12(16(3,4)5)6-7-13(10)14(17)9-11(2)15(18)19/h6-8,11,14H,9,17H2,1-5H3,(H,18,19). The average molecular weight is 263 g/mol. The maximum absolute atomic E-state index is 10.9. The minimum absolute atomic E-state index is 0.113. The van der Waals surface area contributed by atoms with Gasteiger partial charge in [-0.1, -0.05) is 45.9 Å². The molecule has 1 rings (SSSR count). The molecular formula is C16H25NO2. The maximum Gasteiger partial charge on any atom is 0.306 e. The minimum Gasteiger partial charge on any atom is -0.481 e. The molecule has 0 amide bonds. The Morgan fingerprint density at radius 2 is 1.95 bits per heavy atom. The van der Waals surface area contributed by atoms with Gasteiger partial charge in [0.05, 0.1) is 5.92 Å². The fraction of sp³-hybridized carbons (Fsp3) is 0.562. The lowest BCUT2D eigenvalue weighted by Crippen LogP contribution is -2.20. The molecule has 3 nitrogen and oxygen atoms in total. The molecule has 0 spiro atoms. The van der Waals surface area contributed by atoms with Crippen molar-refractivity contribution in [2.45, 2.75) is 52.5 Å². The van der Waals surface area contributed by atoms with E-state index in [-0.39, 0.29) is 11.5 Å². The largest absolute Gasteiger partial charge is 0.481 e. The Morgan fingerprint density at radius 1 is 1.37 bits per heavy atom. The second kappa shape index (κ2) is 5.74. The zero-order valence-corrected chi connectivity index (χ0v) is 12.5. The Morgan fingerprint density at radius 3 is 2.37 bits per heavy atom. The van der Waals surface area contributed by atoms with E-state index in [0.29, 0.717) is 6.42 Å². The molecule has 19 heavy (non-hydrogen) atoms. The van der Waals surface area contributed by atoms with Gasteiger partial charge in [-0.25, -0.2) is 0 Å². The molecule has 0 aliphatic carbocycles. The number of hydrogen-bond acceptors (Lipinski definition) is 2. The molecule has 0 aliphatic heterocycles. The third kappa shape index (κ3) is 4.06. The molecular weight excluding hydrogens is 238 g/mol. The minimum atomic E-state index is -0.792. The van der Waals surface area contributed by atoms with E-state index in [4.69, 9.17) is 10.8 Å². The molecule has 1 aromatic rings. The number of aryl methyl sites for hydroxylation is 1. The van der Waals surface area contributed by atoms with Crippen LogP contribution in [0.4, 0.5) is 0 Å². The third-order valence-corrected chi connectivity index (χ3v) is 3.56. The summed E-state index contributed by atoms with van der Waals surface area (Å²) >= 11 is 0. The molecule has 0 fully saturated rings. The topological polar surface area (TPSA) is 63.3 Å². The first-order valence-corrected chi connectivity index (χ1v) is 6.72. The van der Waals surface area contributed by atoms with E-state index in [9.17, 15) is 4.79 Å². The van der Waals surface area contributed by atoms with Crippen LogP contribution in [-0.4, -0.2) is 11.1 Å². The van der Waals surface area contributed by atoms with Gasteiger partial charge in [-0.15, -0.1) is 0 Å². The summed E-state index contributed by atoms with van der Waals surface area (Å²) in [5.74, 6) is -1.21. The summed E-state index contributed by atoms with van der Waals surface area (Å²) in [5, 5.41) is 8.94. The van der Waals surface area contributed by atoms with E-state index in [0.717, 1.165) is 11.1 Å². The van der Waals surface area contributed by atoms with Crippen LogP contribution in [0.2, 0.25) is 0 Å². The van der Waals surface area contributed by atoms with Crippen LogP contribution in [-0.2, 0) is 10.2 Å². The Kier molecular flexibility index (Phi) is 4.75. The molecule has 2 atom stereocenters. The molecule has 0 radical (unpaired) electrons. The van der Waals surface area contributed by atoms with E-state index in [1.54, 1.807) is 6.92 Å². The maximum atomic E-state index is 10.9. The zero-order valence-electron chi connectivity index (χ0n) is 12.5. The highest BCUT2D eigenvalue weighted by atomic mass is 16.4. The van der Waals surface area contributed by atoms with Crippen molar-refractivity contribution in [2.24, 2.45) is 11.7 Å². The molecule has 0 aromatic heterocycles. The Hall–Kier alpha value is -1.35. The van der Waals surface area contributed by atoms with Gasteiger partial charge in [0.25, 0.3) is 0 Å². The van der Waals surface area contributed by atoms with Gasteiger partial charge in [0, 0.05) is 6.04 Å². The summed E-state index contributed by atoms with van der Waals surface area (Å²) in [6.45, 7) is 10.3. The van der Waals surface area contributed by atoms with Gasteiger partial charge in [-0.2, -0.15) is 0 Å². The van der Waals surface area contributed by atoms with Crippen LogP contribution < -0.4 is 5.73 Å². The SMILES string of the molecule is Cc1cc(C(C)(C)C)ccc1C(N)CC(C)C(=O)O. The van der Waals surface area contributed by atoms with E-state index in [2.05, 4.69) is 32.9 Å². The molecule has 0 bridgehead atoms. The summed E-state index contributed by atoms with van der Waals surface area (Å²) < 4.78 is 0. The number of nitrogens with two attached hydrogens (primary N) is 1. The van der Waals surface area contributed by atoms with Gasteiger partial charge >= 0.3 is 5.97 Å². The number of carboxylic acids is 1. The molecule has 0 saturated heterocycles. The monoisotopic (exact) mass is 263 g/mol. The van der Waals surface area contributed by atoms with E-state index in [1.807, 2.05) is 13.0 Å². The van der Waals surface area contributed by atoms with Crippen molar-refractivity contribution >= 4 is 5.97 Å². The van der Waals surface area contributed by atoms with Crippen molar-refractivity contribution in [3.63, 3.8) is 0 Å². The predicted octanol–water partition coefficient (Wildman–Crippen LogP) is 3.40. The summed E-state index contributed by atoms with van der Waals surface area (Å²) in [5.41, 5.74) is 9.69. The lowest BCUT2D eigenvalue weighted by Gasteiger charge is -2.23. The van der Waals surface area contributed by atoms with Gasteiger partial charge in [0.1, 0.15) is 0 Å². The zero-order chi connectivity index (χ0) is 14.8. The molecule has 3 N–H and O–H groups in total. The number of carbonyl (C=O) groups is 1. The van der Waals surface area contributed by atoms with Crippen LogP contribution in [0.1, 0.15) is 56.8 Å². The Bertz CT molecular complexity index is 460. The van der Waals surface area contributed by atoms with Gasteiger partial charge in [-0.3, -0.25) is 4.79 Å². The highest BCUT2D eigenvalue weighted by molar-refractivity contribution is 5.69. The number of aliphatic carboxylic acids is 1. The van der Waals surface area contributed by atoms with Gasteiger partial charge in [-0.05, 0) is 35.4 Å². The molecule has 106 valence electrons. The highest BCUT2D eigenvalue weighted by Gasteiger charge is 2.20. The normalized spacial score (nSPS) is 15.1. The van der Waals surface area contributed by atoms with Gasteiger partial charge in [0.2, 0.25) is 0 Å². The van der Waals surface area contributed by atoms with Crippen LogP contribution in [0.25, 0.3) is 0 Å². The lowest BCUT2D eigenvalue weighted by molar-refractivity contribution is -0.141. The fourth-order valence-electron chi connectivity index (χ4n) is 2.17. The number of hydrogen-bond donors (Lipinski definition) is 2. The van der Waals surface area contributed by atoms with E-state index in [1.165, 1.54) is 5.56 Å². The molecule has 0 saturated carbocycles.